The molecule has 0 aromatic heterocycles. The maximum atomic E-state index is 12.1. The predicted octanol–water partition coefficient (Wildman–Crippen LogP) is 4.58. The van der Waals surface area contributed by atoms with Crippen LogP contribution in [0.25, 0.3) is 0 Å². The first-order valence-electron chi connectivity index (χ1n) is 7.91. The van der Waals surface area contributed by atoms with Crippen molar-refractivity contribution < 1.29 is 9.53 Å². The van der Waals surface area contributed by atoms with Crippen molar-refractivity contribution in [3.63, 3.8) is 0 Å². The molecule has 0 aliphatic heterocycles. The van der Waals surface area contributed by atoms with Gasteiger partial charge in [0.25, 0.3) is 0 Å². The summed E-state index contributed by atoms with van der Waals surface area (Å²) in [5.74, 6) is 0.921. The lowest BCUT2D eigenvalue weighted by Gasteiger charge is -2.12. The zero-order chi connectivity index (χ0) is 17.4. The second-order valence-corrected chi connectivity index (χ2v) is 7.31. The minimum atomic E-state index is -0.136. The largest absolute Gasteiger partial charge is 0.497 e. The van der Waals surface area contributed by atoms with E-state index in [4.69, 9.17) is 16.3 Å². The first-order chi connectivity index (χ1) is 11.6. The summed E-state index contributed by atoms with van der Waals surface area (Å²) in [7, 11) is 1.67. The molecule has 24 heavy (non-hydrogen) atoms. The Balaban J connectivity index is 1.71. The zero-order valence-corrected chi connectivity index (χ0v) is 15.5. The van der Waals surface area contributed by atoms with E-state index in [2.05, 4.69) is 11.4 Å². The van der Waals surface area contributed by atoms with Gasteiger partial charge in [-0.1, -0.05) is 23.7 Å². The highest BCUT2D eigenvalue weighted by Gasteiger charge is 2.13. The van der Waals surface area contributed by atoms with E-state index in [-0.39, 0.29) is 11.2 Å². The summed E-state index contributed by atoms with van der Waals surface area (Å²) in [5, 5.41) is 3.56. The Kier molecular flexibility index (Phi) is 7.47. The third-order valence-electron chi connectivity index (χ3n) is 3.57. The maximum Gasteiger partial charge on any atom is 0.233 e. The van der Waals surface area contributed by atoms with Crippen LogP contribution < -0.4 is 10.1 Å². The molecule has 0 saturated heterocycles. The molecule has 1 N–H and O–H groups in total. The van der Waals surface area contributed by atoms with E-state index in [1.165, 1.54) is 17.3 Å². The van der Waals surface area contributed by atoms with Crippen molar-refractivity contribution in [3.05, 3.63) is 59.1 Å². The molecule has 2 aromatic rings. The fraction of sp³-hybridized carbons (Fsp3) is 0.316. The maximum absolute atomic E-state index is 12.1. The Morgan fingerprint density at radius 1 is 1.25 bits per heavy atom. The van der Waals surface area contributed by atoms with E-state index >= 15 is 0 Å². The summed E-state index contributed by atoms with van der Waals surface area (Å²) >= 11 is 7.40. The predicted molar refractivity (Wildman–Crippen MR) is 101 cm³/mol. The lowest BCUT2D eigenvalue weighted by molar-refractivity contribution is -0.120. The standard InChI is InChI=1S/C19H22ClNO2S/c1-14(24-18-10-8-16(20)9-11-18)19(22)21-12-4-6-15-5-3-7-17(13-15)23-2/h3,5,7-11,13-14H,4,6,12H2,1-2H3,(H,21,22)/t14-/m0/s1. The van der Waals surface area contributed by atoms with E-state index in [1.807, 2.05) is 49.4 Å². The van der Waals surface area contributed by atoms with Crippen LogP contribution in [0, 0.1) is 0 Å². The van der Waals surface area contributed by atoms with Gasteiger partial charge in [-0.05, 0) is 61.7 Å². The summed E-state index contributed by atoms with van der Waals surface area (Å²) < 4.78 is 5.21. The number of methoxy groups -OCH3 is 1. The SMILES string of the molecule is COc1cccc(CCCNC(=O)[C@H](C)Sc2ccc(Cl)cc2)c1. The highest BCUT2D eigenvalue weighted by Crippen LogP contribution is 2.24. The first-order valence-corrected chi connectivity index (χ1v) is 9.17. The number of hydrogen-bond donors (Lipinski definition) is 1. The average molecular weight is 364 g/mol. The number of benzene rings is 2. The van der Waals surface area contributed by atoms with Gasteiger partial charge < -0.3 is 10.1 Å². The molecule has 5 heteroatoms. The lowest BCUT2D eigenvalue weighted by Crippen LogP contribution is -2.31. The smallest absolute Gasteiger partial charge is 0.233 e. The average Bonchev–Trinajstić information content (AvgIpc) is 2.60. The molecule has 0 saturated carbocycles. The van der Waals surface area contributed by atoms with Crippen LogP contribution in [-0.4, -0.2) is 24.8 Å². The van der Waals surface area contributed by atoms with Gasteiger partial charge in [-0.25, -0.2) is 0 Å². The molecule has 0 spiro atoms. The zero-order valence-electron chi connectivity index (χ0n) is 13.9. The van der Waals surface area contributed by atoms with Crippen LogP contribution >= 0.6 is 23.4 Å². The molecule has 2 aromatic carbocycles. The minimum Gasteiger partial charge on any atom is -0.497 e. The van der Waals surface area contributed by atoms with E-state index in [0.29, 0.717) is 11.6 Å². The summed E-state index contributed by atoms with van der Waals surface area (Å²) in [6.07, 6.45) is 1.81. The number of carbonyl (C=O) groups is 1. The third-order valence-corrected chi connectivity index (χ3v) is 4.94. The Morgan fingerprint density at radius 3 is 2.71 bits per heavy atom. The second-order valence-electron chi connectivity index (χ2n) is 5.46. The van der Waals surface area contributed by atoms with Crippen LogP contribution in [0.2, 0.25) is 5.02 Å². The Hall–Kier alpha value is -1.65. The van der Waals surface area contributed by atoms with Crippen molar-refractivity contribution in [1.29, 1.82) is 0 Å². The number of carbonyl (C=O) groups excluding carboxylic acids is 1. The molecule has 0 aliphatic rings. The number of aryl methyl sites for hydroxylation is 1. The minimum absolute atomic E-state index is 0.0561. The molecule has 3 nitrogen and oxygen atoms in total. The summed E-state index contributed by atoms with van der Waals surface area (Å²) in [6.45, 7) is 2.58. The lowest BCUT2D eigenvalue weighted by atomic mass is 10.1. The molecule has 0 unspecified atom stereocenters. The van der Waals surface area contributed by atoms with Crippen molar-refractivity contribution in [1.82, 2.24) is 5.32 Å². The third kappa shape index (κ3) is 6.10. The molecule has 0 fully saturated rings. The highest BCUT2D eigenvalue weighted by atomic mass is 35.5. The summed E-state index contributed by atoms with van der Waals surface area (Å²) in [6, 6.07) is 15.5. The monoisotopic (exact) mass is 363 g/mol. The number of nitrogens with one attached hydrogen (secondary N) is 1. The van der Waals surface area contributed by atoms with Crippen LogP contribution in [-0.2, 0) is 11.2 Å². The Bertz CT molecular complexity index is 661. The van der Waals surface area contributed by atoms with E-state index in [0.717, 1.165) is 23.5 Å². The molecule has 0 aliphatic carbocycles. The number of halogens is 1. The van der Waals surface area contributed by atoms with Crippen molar-refractivity contribution in [3.8, 4) is 5.75 Å². The topological polar surface area (TPSA) is 38.3 Å². The fourth-order valence-corrected chi connectivity index (χ4v) is 3.26. The number of hydrogen-bond acceptors (Lipinski definition) is 3. The molecule has 128 valence electrons. The molecule has 0 heterocycles. The van der Waals surface area contributed by atoms with Gasteiger partial charge in [0.15, 0.2) is 0 Å². The molecule has 2 rings (SSSR count). The van der Waals surface area contributed by atoms with Crippen molar-refractivity contribution in [2.75, 3.05) is 13.7 Å². The van der Waals surface area contributed by atoms with Crippen LogP contribution in [0.1, 0.15) is 18.9 Å². The van der Waals surface area contributed by atoms with Gasteiger partial charge in [0.2, 0.25) is 5.91 Å². The fourth-order valence-electron chi connectivity index (χ4n) is 2.25. The van der Waals surface area contributed by atoms with Gasteiger partial charge in [-0.2, -0.15) is 0 Å². The molecule has 0 bridgehead atoms. The summed E-state index contributed by atoms with van der Waals surface area (Å²) in [4.78, 5) is 13.2. The molecule has 1 amide bonds. The van der Waals surface area contributed by atoms with Gasteiger partial charge in [0.05, 0.1) is 12.4 Å². The number of thioether (sulfide) groups is 1. The number of ether oxygens (including phenoxy) is 1. The normalized spacial score (nSPS) is 11.8. The molecular formula is C19H22ClNO2S. The van der Waals surface area contributed by atoms with Gasteiger partial charge in [0, 0.05) is 16.5 Å². The van der Waals surface area contributed by atoms with E-state index < -0.39 is 0 Å². The van der Waals surface area contributed by atoms with Gasteiger partial charge in [0.1, 0.15) is 5.75 Å². The summed E-state index contributed by atoms with van der Waals surface area (Å²) in [5.41, 5.74) is 1.21. The molecular weight excluding hydrogens is 342 g/mol. The van der Waals surface area contributed by atoms with Crippen molar-refractivity contribution in [2.45, 2.75) is 29.9 Å². The van der Waals surface area contributed by atoms with E-state index in [9.17, 15) is 4.79 Å². The molecule has 0 radical (unpaired) electrons. The number of rotatable bonds is 8. The van der Waals surface area contributed by atoms with Crippen LogP contribution in [0.4, 0.5) is 0 Å². The van der Waals surface area contributed by atoms with Crippen molar-refractivity contribution >= 4 is 29.3 Å². The van der Waals surface area contributed by atoms with Crippen LogP contribution in [0.3, 0.4) is 0 Å². The van der Waals surface area contributed by atoms with Crippen LogP contribution in [0.15, 0.2) is 53.4 Å². The Labute approximate surface area is 152 Å². The Morgan fingerprint density at radius 2 is 2.00 bits per heavy atom. The van der Waals surface area contributed by atoms with Crippen molar-refractivity contribution in [2.24, 2.45) is 0 Å². The second kappa shape index (κ2) is 9.60. The van der Waals surface area contributed by atoms with Gasteiger partial charge >= 0.3 is 0 Å². The number of amides is 1. The quantitative estimate of drug-likeness (QED) is 0.551. The molecule has 1 atom stereocenters. The van der Waals surface area contributed by atoms with Gasteiger partial charge in [-0.15, -0.1) is 11.8 Å². The highest BCUT2D eigenvalue weighted by molar-refractivity contribution is 8.00. The van der Waals surface area contributed by atoms with E-state index in [1.54, 1.807) is 7.11 Å². The van der Waals surface area contributed by atoms with Crippen LogP contribution in [0.5, 0.6) is 5.75 Å². The van der Waals surface area contributed by atoms with Gasteiger partial charge in [-0.3, -0.25) is 4.79 Å². The first kappa shape index (κ1) is 18.7.